The van der Waals surface area contributed by atoms with Gasteiger partial charge in [0, 0.05) is 0 Å². The maximum atomic E-state index is 10.8. The van der Waals surface area contributed by atoms with E-state index < -0.39 is 22.0 Å². The van der Waals surface area contributed by atoms with Crippen LogP contribution in [0.25, 0.3) is 0 Å². The van der Waals surface area contributed by atoms with Crippen LogP contribution in [-0.2, 0) is 14.8 Å². The van der Waals surface area contributed by atoms with Crippen LogP contribution in [0.5, 0.6) is 0 Å². The predicted octanol–water partition coefficient (Wildman–Crippen LogP) is 0.0349. The molecule has 2 N–H and O–H groups in total. The Kier molecular flexibility index (Phi) is 4.35. The van der Waals surface area contributed by atoms with Gasteiger partial charge in [-0.1, -0.05) is 20.3 Å². The van der Waals surface area contributed by atoms with Crippen LogP contribution in [0.15, 0.2) is 0 Å². The van der Waals surface area contributed by atoms with Gasteiger partial charge >= 0.3 is 5.97 Å². The third-order valence-corrected chi connectivity index (χ3v) is 2.50. The number of rotatable bonds is 5. The Morgan fingerprint density at radius 2 is 2.00 bits per heavy atom. The van der Waals surface area contributed by atoms with Gasteiger partial charge in [0.05, 0.1) is 6.26 Å². The molecule has 0 aromatic heterocycles. The van der Waals surface area contributed by atoms with Crippen molar-refractivity contribution < 1.29 is 18.3 Å². The Morgan fingerprint density at radius 3 is 2.23 bits per heavy atom. The van der Waals surface area contributed by atoms with Gasteiger partial charge in [-0.3, -0.25) is 4.79 Å². The summed E-state index contributed by atoms with van der Waals surface area (Å²) in [5.41, 5.74) is 0. The molecule has 0 bridgehead atoms. The molecule has 0 spiro atoms. The van der Waals surface area contributed by atoms with Crippen LogP contribution in [0.2, 0.25) is 0 Å². The highest BCUT2D eigenvalue weighted by Gasteiger charge is 2.26. The van der Waals surface area contributed by atoms with Crippen molar-refractivity contribution in [1.29, 1.82) is 0 Å². The van der Waals surface area contributed by atoms with E-state index in [9.17, 15) is 13.2 Å². The van der Waals surface area contributed by atoms with E-state index >= 15 is 0 Å². The monoisotopic (exact) mass is 209 g/mol. The van der Waals surface area contributed by atoms with Crippen molar-refractivity contribution in [2.45, 2.75) is 26.3 Å². The summed E-state index contributed by atoms with van der Waals surface area (Å²) in [6.07, 6.45) is 1.56. The molecule has 13 heavy (non-hydrogen) atoms. The maximum absolute atomic E-state index is 10.8. The van der Waals surface area contributed by atoms with Gasteiger partial charge in [0.15, 0.2) is 0 Å². The van der Waals surface area contributed by atoms with Crippen molar-refractivity contribution in [1.82, 2.24) is 4.72 Å². The molecule has 6 heteroatoms. The van der Waals surface area contributed by atoms with Crippen molar-refractivity contribution in [2.75, 3.05) is 6.26 Å². The lowest BCUT2D eigenvalue weighted by molar-refractivity contribution is -0.140. The molecule has 5 nitrogen and oxygen atoms in total. The molecule has 0 fully saturated rings. The van der Waals surface area contributed by atoms with Gasteiger partial charge in [-0.25, -0.2) is 13.1 Å². The van der Waals surface area contributed by atoms with E-state index in [0.29, 0.717) is 6.42 Å². The number of carboxylic acid groups (broad SMARTS) is 1. The zero-order valence-corrected chi connectivity index (χ0v) is 8.76. The molecule has 0 aliphatic heterocycles. The summed E-state index contributed by atoms with van der Waals surface area (Å²) >= 11 is 0. The highest BCUT2D eigenvalue weighted by atomic mass is 32.2. The molecule has 78 valence electrons. The molecule has 0 aromatic carbocycles. The third kappa shape index (κ3) is 4.84. The van der Waals surface area contributed by atoms with Crippen LogP contribution >= 0.6 is 0 Å². The van der Waals surface area contributed by atoms with Crippen molar-refractivity contribution in [3.05, 3.63) is 0 Å². The Labute approximate surface area is 78.2 Å². The number of carbonyl (C=O) groups is 1. The Hall–Kier alpha value is -0.620. The molecule has 0 aromatic rings. The second-order valence-corrected chi connectivity index (χ2v) is 4.87. The van der Waals surface area contributed by atoms with Crippen molar-refractivity contribution in [3.63, 3.8) is 0 Å². The minimum absolute atomic E-state index is 0.216. The molecule has 0 radical (unpaired) electrons. The van der Waals surface area contributed by atoms with Crippen LogP contribution in [0.1, 0.15) is 20.3 Å². The quantitative estimate of drug-likeness (QED) is 0.669. The summed E-state index contributed by atoms with van der Waals surface area (Å²) in [5.74, 6) is -1.35. The summed E-state index contributed by atoms with van der Waals surface area (Å²) in [6, 6.07) is -1.03. The average Bonchev–Trinajstić information content (AvgIpc) is 1.96. The van der Waals surface area contributed by atoms with Crippen molar-refractivity contribution in [3.8, 4) is 0 Å². The lowest BCUT2D eigenvalue weighted by Gasteiger charge is -2.18. The second kappa shape index (κ2) is 4.57. The molecule has 0 heterocycles. The first-order valence-corrected chi connectivity index (χ1v) is 5.87. The molecule has 2 atom stereocenters. The van der Waals surface area contributed by atoms with Crippen LogP contribution in [-0.4, -0.2) is 31.8 Å². The van der Waals surface area contributed by atoms with E-state index in [1.807, 2.05) is 6.92 Å². The maximum Gasteiger partial charge on any atom is 0.322 e. The summed E-state index contributed by atoms with van der Waals surface area (Å²) in [7, 11) is -3.45. The summed E-state index contributed by atoms with van der Waals surface area (Å²) in [4.78, 5) is 10.7. The second-order valence-electron chi connectivity index (χ2n) is 3.09. The van der Waals surface area contributed by atoms with Crippen LogP contribution < -0.4 is 4.72 Å². The standard InChI is InChI=1S/C7H15NO4S/c1-4-5(2)6(7(9)10)8-13(3,11)12/h5-6,8H,4H2,1-3H3,(H,9,10)/t5-,6-/m1/s1. The van der Waals surface area contributed by atoms with E-state index in [1.54, 1.807) is 6.92 Å². The topological polar surface area (TPSA) is 83.5 Å². The van der Waals surface area contributed by atoms with E-state index in [4.69, 9.17) is 5.11 Å². The summed E-state index contributed by atoms with van der Waals surface area (Å²) in [5, 5.41) is 8.71. The molecule has 0 rings (SSSR count). The van der Waals surface area contributed by atoms with Gasteiger partial charge in [0.1, 0.15) is 6.04 Å². The number of carboxylic acids is 1. The fourth-order valence-corrected chi connectivity index (χ4v) is 1.67. The Balaban J connectivity index is 4.54. The van der Waals surface area contributed by atoms with E-state index in [-0.39, 0.29) is 5.92 Å². The van der Waals surface area contributed by atoms with Crippen LogP contribution in [0.3, 0.4) is 0 Å². The van der Waals surface area contributed by atoms with Gasteiger partial charge in [-0.05, 0) is 5.92 Å². The largest absolute Gasteiger partial charge is 0.480 e. The Morgan fingerprint density at radius 1 is 1.54 bits per heavy atom. The molecular formula is C7H15NO4S. The number of hydrogen-bond acceptors (Lipinski definition) is 3. The number of aliphatic carboxylic acids is 1. The van der Waals surface area contributed by atoms with Crippen LogP contribution in [0.4, 0.5) is 0 Å². The zero-order chi connectivity index (χ0) is 10.6. The van der Waals surface area contributed by atoms with Crippen LogP contribution in [0, 0.1) is 5.92 Å². The predicted molar refractivity (Wildman–Crippen MR) is 48.9 cm³/mol. The van der Waals surface area contributed by atoms with Gasteiger partial charge < -0.3 is 5.11 Å². The fraction of sp³-hybridized carbons (Fsp3) is 0.857. The fourth-order valence-electron chi connectivity index (χ4n) is 0.876. The normalized spacial score (nSPS) is 16.5. The lowest BCUT2D eigenvalue weighted by atomic mass is 10.0. The summed E-state index contributed by atoms with van der Waals surface area (Å²) < 4.78 is 23.7. The first-order chi connectivity index (χ1) is 5.78. The first kappa shape index (κ1) is 12.4. The van der Waals surface area contributed by atoms with Gasteiger partial charge in [-0.15, -0.1) is 0 Å². The average molecular weight is 209 g/mol. The number of hydrogen-bond donors (Lipinski definition) is 2. The zero-order valence-electron chi connectivity index (χ0n) is 7.94. The molecule has 0 amide bonds. The molecule has 0 saturated heterocycles. The minimum atomic E-state index is -3.45. The van der Waals surface area contributed by atoms with Gasteiger partial charge in [0.2, 0.25) is 10.0 Å². The molecular weight excluding hydrogens is 194 g/mol. The molecule has 0 aliphatic rings. The Bertz CT molecular complexity index is 272. The molecule has 0 unspecified atom stereocenters. The smallest absolute Gasteiger partial charge is 0.322 e. The van der Waals surface area contributed by atoms with Gasteiger partial charge in [-0.2, -0.15) is 0 Å². The number of nitrogens with one attached hydrogen (secondary N) is 1. The summed E-state index contributed by atoms with van der Waals surface area (Å²) in [6.45, 7) is 3.50. The molecule has 0 aliphatic carbocycles. The van der Waals surface area contributed by atoms with E-state index in [0.717, 1.165) is 6.26 Å². The van der Waals surface area contributed by atoms with E-state index in [1.165, 1.54) is 0 Å². The van der Waals surface area contributed by atoms with E-state index in [2.05, 4.69) is 4.72 Å². The lowest BCUT2D eigenvalue weighted by Crippen LogP contribution is -2.44. The van der Waals surface area contributed by atoms with Crippen molar-refractivity contribution in [2.24, 2.45) is 5.92 Å². The SMILES string of the molecule is CC[C@@H](C)[C@@H](NS(C)(=O)=O)C(=O)O. The first-order valence-electron chi connectivity index (χ1n) is 3.98. The number of sulfonamides is 1. The van der Waals surface area contributed by atoms with Crippen molar-refractivity contribution >= 4 is 16.0 Å². The molecule has 0 saturated carbocycles. The highest BCUT2D eigenvalue weighted by molar-refractivity contribution is 7.88. The third-order valence-electron chi connectivity index (χ3n) is 1.82. The van der Waals surface area contributed by atoms with Gasteiger partial charge in [0.25, 0.3) is 0 Å². The highest BCUT2D eigenvalue weighted by Crippen LogP contribution is 2.08. The minimum Gasteiger partial charge on any atom is -0.480 e.